The molecule has 0 aliphatic carbocycles. The Labute approximate surface area is 126 Å². The summed E-state index contributed by atoms with van der Waals surface area (Å²) in [7, 11) is 5.48. The Morgan fingerprint density at radius 3 is 2.58 bits per heavy atom. The van der Waals surface area contributed by atoms with Crippen LogP contribution in [0.15, 0.2) is 0 Å². The van der Waals surface area contributed by atoms with Crippen molar-refractivity contribution in [1.29, 1.82) is 0 Å². The summed E-state index contributed by atoms with van der Waals surface area (Å²) in [5.41, 5.74) is 0. The van der Waals surface area contributed by atoms with Gasteiger partial charge in [-0.25, -0.2) is 4.79 Å². The lowest BCUT2D eigenvalue weighted by Gasteiger charge is -2.15. The van der Waals surface area contributed by atoms with Crippen LogP contribution in [-0.4, -0.2) is 42.7 Å². The van der Waals surface area contributed by atoms with E-state index < -0.39 is 0 Å². The van der Waals surface area contributed by atoms with Gasteiger partial charge in [-0.05, 0) is 19.3 Å². The molecule has 0 aliphatic heterocycles. The zero-order chi connectivity index (χ0) is 14.5. The molecule has 0 heterocycles. The Kier molecular flexibility index (Phi) is 13.0. The van der Waals surface area contributed by atoms with E-state index in [1.807, 2.05) is 28.5 Å². The highest BCUT2D eigenvalue weighted by Crippen LogP contribution is 2.27. The van der Waals surface area contributed by atoms with Crippen LogP contribution in [0.5, 0.6) is 0 Å². The predicted octanol–water partition coefficient (Wildman–Crippen LogP) is 4.67. The molecule has 1 atom stereocenters. The first kappa shape index (κ1) is 19.0. The van der Waals surface area contributed by atoms with Gasteiger partial charge in [0.05, 0.1) is 0 Å². The van der Waals surface area contributed by atoms with E-state index in [-0.39, 0.29) is 6.09 Å². The zero-order valence-electron chi connectivity index (χ0n) is 12.8. The molecule has 3 nitrogen and oxygen atoms in total. The number of hydrogen-bond acceptors (Lipinski definition) is 4. The first-order chi connectivity index (χ1) is 9.15. The SMILES string of the molecule is CCCCC(CC)CSSCCOC(=O)N(C)CC. The van der Waals surface area contributed by atoms with Crippen LogP contribution in [0, 0.1) is 5.92 Å². The van der Waals surface area contributed by atoms with Crippen molar-refractivity contribution >= 4 is 27.7 Å². The molecule has 0 aliphatic rings. The highest BCUT2D eigenvalue weighted by Gasteiger charge is 2.08. The first-order valence-corrected chi connectivity index (χ1v) is 9.76. The maximum Gasteiger partial charge on any atom is 0.409 e. The zero-order valence-corrected chi connectivity index (χ0v) is 14.4. The molecule has 114 valence electrons. The molecule has 0 aromatic carbocycles. The minimum Gasteiger partial charge on any atom is -0.449 e. The molecule has 0 spiro atoms. The number of ether oxygens (including phenoxy) is 1. The second-order valence-corrected chi connectivity index (χ2v) is 7.28. The minimum absolute atomic E-state index is 0.220. The normalized spacial score (nSPS) is 12.2. The van der Waals surface area contributed by atoms with Crippen LogP contribution in [-0.2, 0) is 4.74 Å². The topological polar surface area (TPSA) is 29.5 Å². The second-order valence-electron chi connectivity index (χ2n) is 4.65. The summed E-state index contributed by atoms with van der Waals surface area (Å²) in [6.45, 7) is 7.65. The fourth-order valence-electron chi connectivity index (χ4n) is 1.50. The molecule has 5 heteroatoms. The molecule has 0 saturated heterocycles. The van der Waals surface area contributed by atoms with Crippen LogP contribution in [0.3, 0.4) is 0 Å². The van der Waals surface area contributed by atoms with Crippen molar-refractivity contribution in [2.45, 2.75) is 46.5 Å². The molecule has 0 N–H and O–H groups in total. The largest absolute Gasteiger partial charge is 0.449 e. The number of hydrogen-bond donors (Lipinski definition) is 0. The molecule has 0 rings (SSSR count). The number of nitrogens with zero attached hydrogens (tertiary/aromatic N) is 1. The summed E-state index contributed by atoms with van der Waals surface area (Å²) in [6, 6.07) is 0. The van der Waals surface area contributed by atoms with Gasteiger partial charge in [0.15, 0.2) is 0 Å². The summed E-state index contributed by atoms with van der Waals surface area (Å²) in [5, 5.41) is 0. The van der Waals surface area contributed by atoms with Gasteiger partial charge in [-0.3, -0.25) is 0 Å². The maximum absolute atomic E-state index is 11.4. The molecular weight excluding hydrogens is 278 g/mol. The van der Waals surface area contributed by atoms with Crippen molar-refractivity contribution in [1.82, 2.24) is 4.90 Å². The monoisotopic (exact) mass is 307 g/mol. The molecule has 0 saturated carbocycles. The van der Waals surface area contributed by atoms with E-state index in [2.05, 4.69) is 13.8 Å². The molecule has 0 fully saturated rings. The van der Waals surface area contributed by atoms with E-state index in [0.717, 1.165) is 11.7 Å². The van der Waals surface area contributed by atoms with E-state index in [1.165, 1.54) is 31.4 Å². The molecule has 0 aromatic heterocycles. The van der Waals surface area contributed by atoms with Gasteiger partial charge in [-0.15, -0.1) is 0 Å². The van der Waals surface area contributed by atoms with Gasteiger partial charge < -0.3 is 9.64 Å². The van der Waals surface area contributed by atoms with Crippen LogP contribution in [0.1, 0.15) is 46.5 Å². The van der Waals surface area contributed by atoms with Crippen LogP contribution < -0.4 is 0 Å². The second kappa shape index (κ2) is 13.0. The Hall–Kier alpha value is -0.0300. The van der Waals surface area contributed by atoms with E-state index in [4.69, 9.17) is 4.74 Å². The lowest BCUT2D eigenvalue weighted by Crippen LogP contribution is -2.27. The Balaban J connectivity index is 3.46. The van der Waals surface area contributed by atoms with Gasteiger partial charge in [0.1, 0.15) is 6.61 Å². The van der Waals surface area contributed by atoms with Gasteiger partial charge in [-0.2, -0.15) is 0 Å². The average molecular weight is 308 g/mol. The summed E-state index contributed by atoms with van der Waals surface area (Å²) >= 11 is 0. The molecule has 1 unspecified atom stereocenters. The quantitative estimate of drug-likeness (QED) is 0.410. The third-order valence-electron chi connectivity index (χ3n) is 3.11. The van der Waals surface area contributed by atoms with Gasteiger partial charge >= 0.3 is 6.09 Å². The van der Waals surface area contributed by atoms with Crippen molar-refractivity contribution in [2.24, 2.45) is 5.92 Å². The number of carbonyl (C=O) groups excluding carboxylic acids is 1. The van der Waals surface area contributed by atoms with Gasteiger partial charge in [-0.1, -0.05) is 54.7 Å². The van der Waals surface area contributed by atoms with E-state index in [9.17, 15) is 4.79 Å². The van der Waals surface area contributed by atoms with Crippen molar-refractivity contribution in [3.05, 3.63) is 0 Å². The Bertz CT molecular complexity index is 227. The minimum atomic E-state index is -0.220. The fourth-order valence-corrected chi connectivity index (χ4v) is 3.89. The molecule has 0 aromatic rings. The Morgan fingerprint density at radius 2 is 2.00 bits per heavy atom. The lowest BCUT2D eigenvalue weighted by atomic mass is 10.0. The van der Waals surface area contributed by atoms with E-state index in [1.54, 1.807) is 11.9 Å². The third kappa shape index (κ3) is 10.4. The summed E-state index contributed by atoms with van der Waals surface area (Å²) in [6.07, 6.45) is 5.02. The molecule has 1 amide bonds. The Morgan fingerprint density at radius 1 is 1.26 bits per heavy atom. The van der Waals surface area contributed by atoms with Gasteiger partial charge in [0, 0.05) is 25.1 Å². The molecule has 19 heavy (non-hydrogen) atoms. The lowest BCUT2D eigenvalue weighted by molar-refractivity contribution is 0.119. The van der Waals surface area contributed by atoms with Crippen molar-refractivity contribution in [2.75, 3.05) is 31.7 Å². The van der Waals surface area contributed by atoms with Crippen LogP contribution in [0.25, 0.3) is 0 Å². The van der Waals surface area contributed by atoms with Crippen molar-refractivity contribution in [3.63, 3.8) is 0 Å². The average Bonchev–Trinajstić information content (AvgIpc) is 2.44. The molecular formula is C14H29NO2S2. The van der Waals surface area contributed by atoms with Crippen molar-refractivity contribution in [3.8, 4) is 0 Å². The van der Waals surface area contributed by atoms with Crippen molar-refractivity contribution < 1.29 is 9.53 Å². The summed E-state index contributed by atoms with van der Waals surface area (Å²) < 4.78 is 5.15. The summed E-state index contributed by atoms with van der Waals surface area (Å²) in [4.78, 5) is 12.9. The van der Waals surface area contributed by atoms with E-state index >= 15 is 0 Å². The fraction of sp³-hybridized carbons (Fsp3) is 0.929. The highest BCUT2D eigenvalue weighted by molar-refractivity contribution is 8.76. The van der Waals surface area contributed by atoms with Gasteiger partial charge in [0.25, 0.3) is 0 Å². The predicted molar refractivity (Wildman–Crippen MR) is 87.9 cm³/mol. The molecule has 0 radical (unpaired) electrons. The van der Waals surface area contributed by atoms with Crippen LogP contribution >= 0.6 is 21.6 Å². The van der Waals surface area contributed by atoms with Crippen LogP contribution in [0.4, 0.5) is 4.79 Å². The molecule has 0 bridgehead atoms. The standard InChI is InChI=1S/C14H29NO2S2/c1-5-8-9-13(6-2)12-19-18-11-10-17-14(16)15(4)7-3/h13H,5-12H2,1-4H3. The number of unbranched alkanes of at least 4 members (excludes halogenated alkanes) is 1. The third-order valence-corrected chi connectivity index (χ3v) is 5.62. The van der Waals surface area contributed by atoms with Crippen LogP contribution in [0.2, 0.25) is 0 Å². The first-order valence-electron chi connectivity index (χ1n) is 7.27. The number of amides is 1. The maximum atomic E-state index is 11.4. The number of carbonyl (C=O) groups is 1. The smallest absolute Gasteiger partial charge is 0.409 e. The summed E-state index contributed by atoms with van der Waals surface area (Å²) in [5.74, 6) is 2.92. The van der Waals surface area contributed by atoms with Gasteiger partial charge in [0.2, 0.25) is 0 Å². The number of rotatable bonds is 11. The highest BCUT2D eigenvalue weighted by atomic mass is 33.1. The van der Waals surface area contributed by atoms with E-state index in [0.29, 0.717) is 13.2 Å².